The van der Waals surface area contributed by atoms with Crippen molar-refractivity contribution in [2.24, 2.45) is 0 Å². The maximum atomic E-state index is 9.26. The molecule has 0 heterocycles. The number of aliphatic hydroxyl groups is 1. The summed E-state index contributed by atoms with van der Waals surface area (Å²) < 4.78 is 0. The summed E-state index contributed by atoms with van der Waals surface area (Å²) in [6.45, 7) is 2.18. The second kappa shape index (κ2) is 10.1. The van der Waals surface area contributed by atoms with Crippen LogP contribution in [0.2, 0.25) is 0 Å². The highest BCUT2D eigenvalue weighted by atomic mass is 16.3. The summed E-state index contributed by atoms with van der Waals surface area (Å²) in [5, 5.41) is 17.5. The fourth-order valence-electron chi connectivity index (χ4n) is 1.10. The Kier molecular flexibility index (Phi) is 9.38. The average Bonchev–Trinajstić information content (AvgIpc) is 2.20. The molecule has 0 aromatic rings. The molecule has 0 aliphatic heterocycles. The van der Waals surface area contributed by atoms with Crippen molar-refractivity contribution in [1.82, 2.24) is 0 Å². The summed E-state index contributed by atoms with van der Waals surface area (Å²) in [7, 11) is 0. The van der Waals surface area contributed by atoms with E-state index in [4.69, 9.17) is 5.26 Å². The van der Waals surface area contributed by atoms with E-state index in [0.717, 1.165) is 12.8 Å². The second-order valence-electron chi connectivity index (χ2n) is 3.34. The number of nitriles is 1. The zero-order valence-electron chi connectivity index (χ0n) is 8.92. The minimum atomic E-state index is -0.610. The van der Waals surface area contributed by atoms with Crippen LogP contribution >= 0.6 is 0 Å². The quantitative estimate of drug-likeness (QED) is 0.520. The van der Waals surface area contributed by atoms with Gasteiger partial charge in [0.1, 0.15) is 6.10 Å². The van der Waals surface area contributed by atoms with Crippen LogP contribution in [0.25, 0.3) is 0 Å². The normalized spacial score (nSPS) is 11.2. The molecule has 0 aromatic heterocycles. The van der Waals surface area contributed by atoms with E-state index in [1.54, 1.807) is 0 Å². The molecule has 0 spiro atoms. The van der Waals surface area contributed by atoms with Crippen molar-refractivity contribution in [2.45, 2.75) is 58.0 Å². The third-order valence-corrected chi connectivity index (χ3v) is 1.95. The minimum Gasteiger partial charge on any atom is -0.380 e. The lowest BCUT2D eigenvalue weighted by Crippen LogP contribution is -2.01. The third kappa shape index (κ3) is 9.10. The zero-order valence-corrected chi connectivity index (χ0v) is 8.92. The SMILES string of the molecule is CCCCCCC#C[C@@H](O)CCC#N. The second-order valence-corrected chi connectivity index (χ2v) is 3.34. The van der Waals surface area contributed by atoms with Gasteiger partial charge in [-0.1, -0.05) is 32.1 Å². The monoisotopic (exact) mass is 193 g/mol. The van der Waals surface area contributed by atoms with E-state index in [1.165, 1.54) is 19.3 Å². The van der Waals surface area contributed by atoms with Gasteiger partial charge in [-0.3, -0.25) is 0 Å². The van der Waals surface area contributed by atoms with Gasteiger partial charge in [0, 0.05) is 12.8 Å². The third-order valence-electron chi connectivity index (χ3n) is 1.95. The Morgan fingerprint density at radius 3 is 2.64 bits per heavy atom. The standard InChI is InChI=1S/C12H19NO/c1-2-3-4-5-6-7-9-12(14)10-8-11-13/h12,14H,2-6,8,10H2,1H3/t12-/m1/s1. The summed E-state index contributed by atoms with van der Waals surface area (Å²) in [5.41, 5.74) is 0. The first-order valence-corrected chi connectivity index (χ1v) is 5.34. The number of aliphatic hydroxyl groups excluding tert-OH is 1. The molecular formula is C12H19NO. The van der Waals surface area contributed by atoms with E-state index in [9.17, 15) is 5.11 Å². The first-order valence-electron chi connectivity index (χ1n) is 5.34. The lowest BCUT2D eigenvalue weighted by molar-refractivity contribution is 0.224. The van der Waals surface area contributed by atoms with E-state index in [0.29, 0.717) is 12.8 Å². The Morgan fingerprint density at radius 1 is 1.21 bits per heavy atom. The predicted octanol–water partition coefficient (Wildman–Crippen LogP) is 2.62. The Morgan fingerprint density at radius 2 is 2.00 bits per heavy atom. The van der Waals surface area contributed by atoms with Crippen molar-refractivity contribution in [3.8, 4) is 17.9 Å². The molecule has 0 aliphatic rings. The van der Waals surface area contributed by atoms with Gasteiger partial charge in [0.05, 0.1) is 6.07 Å². The fraction of sp³-hybridized carbons (Fsp3) is 0.750. The van der Waals surface area contributed by atoms with Gasteiger partial charge in [-0.05, 0) is 12.8 Å². The molecule has 0 amide bonds. The van der Waals surface area contributed by atoms with Crippen LogP contribution in [-0.4, -0.2) is 11.2 Å². The number of unbranched alkanes of at least 4 members (excludes halogenated alkanes) is 4. The van der Waals surface area contributed by atoms with Crippen molar-refractivity contribution in [3.05, 3.63) is 0 Å². The zero-order chi connectivity index (χ0) is 10.6. The van der Waals surface area contributed by atoms with Crippen molar-refractivity contribution < 1.29 is 5.11 Å². The van der Waals surface area contributed by atoms with Gasteiger partial charge in [-0.15, -0.1) is 5.92 Å². The van der Waals surface area contributed by atoms with E-state index in [-0.39, 0.29) is 0 Å². The van der Waals surface area contributed by atoms with Crippen LogP contribution in [0.3, 0.4) is 0 Å². The molecule has 0 aromatic carbocycles. The summed E-state index contributed by atoms with van der Waals surface area (Å²) in [5.74, 6) is 5.69. The molecule has 0 bridgehead atoms. The van der Waals surface area contributed by atoms with Crippen molar-refractivity contribution in [1.29, 1.82) is 5.26 Å². The highest BCUT2D eigenvalue weighted by Crippen LogP contribution is 2.01. The van der Waals surface area contributed by atoms with Gasteiger partial charge in [0.15, 0.2) is 0 Å². The van der Waals surface area contributed by atoms with Gasteiger partial charge >= 0.3 is 0 Å². The Balaban J connectivity index is 3.37. The molecule has 78 valence electrons. The molecule has 1 N–H and O–H groups in total. The lowest BCUT2D eigenvalue weighted by Gasteiger charge is -1.97. The number of nitrogens with zero attached hydrogens (tertiary/aromatic N) is 1. The van der Waals surface area contributed by atoms with Crippen LogP contribution in [0.5, 0.6) is 0 Å². The van der Waals surface area contributed by atoms with Crippen LogP contribution in [0, 0.1) is 23.2 Å². The molecule has 0 aliphatic carbocycles. The molecule has 1 atom stereocenters. The van der Waals surface area contributed by atoms with Crippen LogP contribution < -0.4 is 0 Å². The molecule has 2 nitrogen and oxygen atoms in total. The Hall–Kier alpha value is -0.990. The summed E-state index contributed by atoms with van der Waals surface area (Å²) in [4.78, 5) is 0. The summed E-state index contributed by atoms with van der Waals surface area (Å²) in [6, 6.07) is 1.99. The van der Waals surface area contributed by atoms with Gasteiger partial charge in [-0.25, -0.2) is 0 Å². The lowest BCUT2D eigenvalue weighted by atomic mass is 10.1. The van der Waals surface area contributed by atoms with Crippen LogP contribution in [-0.2, 0) is 0 Å². The number of hydrogen-bond acceptors (Lipinski definition) is 2. The van der Waals surface area contributed by atoms with Gasteiger partial charge in [0.25, 0.3) is 0 Å². The maximum absolute atomic E-state index is 9.26. The number of hydrogen-bond donors (Lipinski definition) is 1. The van der Waals surface area contributed by atoms with Crippen LogP contribution in [0.4, 0.5) is 0 Å². The van der Waals surface area contributed by atoms with Crippen molar-refractivity contribution in [3.63, 3.8) is 0 Å². The summed E-state index contributed by atoms with van der Waals surface area (Å²) in [6.07, 6.45) is 5.94. The molecule has 0 saturated heterocycles. The van der Waals surface area contributed by atoms with Crippen LogP contribution in [0.1, 0.15) is 51.9 Å². The first kappa shape index (κ1) is 13.0. The van der Waals surface area contributed by atoms with E-state index in [1.807, 2.05) is 6.07 Å². The van der Waals surface area contributed by atoms with E-state index < -0.39 is 6.10 Å². The Bertz CT molecular complexity index is 219. The first-order chi connectivity index (χ1) is 6.81. The molecule has 14 heavy (non-hydrogen) atoms. The minimum absolute atomic E-state index is 0.381. The van der Waals surface area contributed by atoms with Gasteiger partial charge in [0.2, 0.25) is 0 Å². The van der Waals surface area contributed by atoms with Crippen molar-refractivity contribution in [2.75, 3.05) is 0 Å². The van der Waals surface area contributed by atoms with E-state index >= 15 is 0 Å². The largest absolute Gasteiger partial charge is 0.380 e. The molecular weight excluding hydrogens is 174 g/mol. The predicted molar refractivity (Wildman–Crippen MR) is 57.4 cm³/mol. The van der Waals surface area contributed by atoms with Gasteiger partial charge in [-0.2, -0.15) is 5.26 Å². The van der Waals surface area contributed by atoms with E-state index in [2.05, 4.69) is 18.8 Å². The highest BCUT2D eigenvalue weighted by molar-refractivity contribution is 5.04. The molecule has 2 heteroatoms. The molecule has 0 rings (SSSR count). The number of rotatable bonds is 6. The Labute approximate surface area is 86.9 Å². The topological polar surface area (TPSA) is 44.0 Å². The van der Waals surface area contributed by atoms with Crippen molar-refractivity contribution >= 4 is 0 Å². The smallest absolute Gasteiger partial charge is 0.115 e. The van der Waals surface area contributed by atoms with Gasteiger partial charge < -0.3 is 5.11 Å². The maximum Gasteiger partial charge on any atom is 0.115 e. The molecule has 0 radical (unpaired) electrons. The fourth-order valence-corrected chi connectivity index (χ4v) is 1.10. The molecule has 0 saturated carbocycles. The molecule has 0 fully saturated rings. The molecule has 0 unspecified atom stereocenters. The highest BCUT2D eigenvalue weighted by Gasteiger charge is 1.96. The van der Waals surface area contributed by atoms with Crippen LogP contribution in [0.15, 0.2) is 0 Å². The summed E-state index contributed by atoms with van der Waals surface area (Å²) >= 11 is 0. The average molecular weight is 193 g/mol.